The van der Waals surface area contributed by atoms with E-state index in [2.05, 4.69) is 0 Å². The third-order valence-electron chi connectivity index (χ3n) is 3.39. The molecule has 0 atom stereocenters. The number of likely N-dealkylation sites (tertiary alicyclic amines) is 1. The summed E-state index contributed by atoms with van der Waals surface area (Å²) >= 11 is 6.01. The summed E-state index contributed by atoms with van der Waals surface area (Å²) in [6.07, 6.45) is 1.64. The van der Waals surface area contributed by atoms with Crippen molar-refractivity contribution in [3.8, 4) is 6.07 Å². The topological polar surface area (TPSA) is 47.3 Å². The van der Waals surface area contributed by atoms with E-state index in [-0.39, 0.29) is 5.91 Å². The van der Waals surface area contributed by atoms with Crippen LogP contribution in [-0.2, 0) is 4.79 Å². The maximum absolute atomic E-state index is 11.5. The predicted molar refractivity (Wildman–Crippen MR) is 75.3 cm³/mol. The fourth-order valence-corrected chi connectivity index (χ4v) is 2.39. The first-order chi connectivity index (χ1) is 9.11. The number of likely N-dealkylation sites (N-methyl/N-ethyl adjacent to an activating group) is 1. The van der Waals surface area contributed by atoms with Gasteiger partial charge in [0.05, 0.1) is 10.6 Å². The average Bonchev–Trinajstić information content (AvgIpc) is 2.81. The number of nitriles is 1. The van der Waals surface area contributed by atoms with Crippen molar-refractivity contribution in [3.05, 3.63) is 28.8 Å². The lowest BCUT2D eigenvalue weighted by atomic mass is 10.2. The molecule has 1 saturated heterocycles. The molecule has 1 amide bonds. The van der Waals surface area contributed by atoms with Gasteiger partial charge in [-0.25, -0.2) is 0 Å². The monoisotopic (exact) mass is 277 g/mol. The number of amides is 1. The Bertz CT molecular complexity index is 524. The van der Waals surface area contributed by atoms with Crippen molar-refractivity contribution in [2.45, 2.75) is 12.8 Å². The number of halogens is 1. The fraction of sp³-hybridized carbons (Fsp3) is 0.429. The van der Waals surface area contributed by atoms with Crippen LogP contribution in [0.1, 0.15) is 18.4 Å². The van der Waals surface area contributed by atoms with Gasteiger partial charge in [0, 0.05) is 38.8 Å². The zero-order chi connectivity index (χ0) is 13.8. The lowest BCUT2D eigenvalue weighted by Gasteiger charge is -2.23. The number of carbonyl (C=O) groups excluding carboxylic acids is 1. The van der Waals surface area contributed by atoms with Crippen molar-refractivity contribution in [2.24, 2.45) is 0 Å². The molecule has 1 aliphatic heterocycles. The molecule has 19 heavy (non-hydrogen) atoms. The van der Waals surface area contributed by atoms with E-state index >= 15 is 0 Å². The van der Waals surface area contributed by atoms with Crippen molar-refractivity contribution in [1.82, 2.24) is 4.90 Å². The predicted octanol–water partition coefficient (Wildman–Crippen LogP) is 2.27. The minimum atomic E-state index is 0.242. The summed E-state index contributed by atoms with van der Waals surface area (Å²) in [5.74, 6) is 0.242. The van der Waals surface area contributed by atoms with E-state index in [1.54, 1.807) is 12.1 Å². The van der Waals surface area contributed by atoms with Crippen LogP contribution < -0.4 is 4.90 Å². The van der Waals surface area contributed by atoms with Gasteiger partial charge in [-0.3, -0.25) is 4.79 Å². The van der Waals surface area contributed by atoms with Crippen molar-refractivity contribution in [3.63, 3.8) is 0 Å². The third-order valence-corrected chi connectivity index (χ3v) is 3.70. The standard InChI is InChI=1S/C14H16ClN3O/c1-17(7-8-18-6-2-3-14(18)19)12-5-4-11(10-16)13(15)9-12/h4-5,9H,2-3,6-8H2,1H3. The van der Waals surface area contributed by atoms with Crippen molar-refractivity contribution < 1.29 is 4.79 Å². The lowest BCUT2D eigenvalue weighted by Crippen LogP contribution is -2.33. The Balaban J connectivity index is 1.96. The van der Waals surface area contributed by atoms with Crippen LogP contribution in [0.2, 0.25) is 5.02 Å². The maximum Gasteiger partial charge on any atom is 0.222 e. The summed E-state index contributed by atoms with van der Waals surface area (Å²) in [6, 6.07) is 7.41. The van der Waals surface area contributed by atoms with Gasteiger partial charge in [0.1, 0.15) is 6.07 Å². The molecule has 1 aromatic rings. The van der Waals surface area contributed by atoms with Crippen LogP contribution in [0.25, 0.3) is 0 Å². The minimum Gasteiger partial charge on any atom is -0.373 e. The largest absolute Gasteiger partial charge is 0.373 e. The zero-order valence-corrected chi connectivity index (χ0v) is 11.7. The first-order valence-corrected chi connectivity index (χ1v) is 6.68. The molecule has 1 aliphatic rings. The van der Waals surface area contributed by atoms with Gasteiger partial charge < -0.3 is 9.80 Å². The summed E-state index contributed by atoms with van der Waals surface area (Å²) < 4.78 is 0. The third kappa shape index (κ3) is 3.18. The highest BCUT2D eigenvalue weighted by atomic mass is 35.5. The smallest absolute Gasteiger partial charge is 0.222 e. The Labute approximate surface area is 118 Å². The Morgan fingerprint density at radius 2 is 2.32 bits per heavy atom. The summed E-state index contributed by atoms with van der Waals surface area (Å²) in [7, 11) is 1.96. The van der Waals surface area contributed by atoms with E-state index in [1.165, 1.54) is 0 Å². The highest BCUT2D eigenvalue weighted by molar-refractivity contribution is 6.32. The van der Waals surface area contributed by atoms with Crippen LogP contribution >= 0.6 is 11.6 Å². The van der Waals surface area contributed by atoms with Gasteiger partial charge >= 0.3 is 0 Å². The van der Waals surface area contributed by atoms with Crippen LogP contribution in [0.4, 0.5) is 5.69 Å². The maximum atomic E-state index is 11.5. The molecule has 100 valence electrons. The lowest BCUT2D eigenvalue weighted by molar-refractivity contribution is -0.127. The molecule has 1 aromatic carbocycles. The van der Waals surface area contributed by atoms with Crippen LogP contribution in [0.5, 0.6) is 0 Å². The normalized spacial score (nSPS) is 14.6. The summed E-state index contributed by atoms with van der Waals surface area (Å²) in [5.41, 5.74) is 1.43. The van der Waals surface area contributed by atoms with Gasteiger partial charge in [-0.1, -0.05) is 11.6 Å². The Kier molecular flexibility index (Phi) is 4.28. The second-order valence-corrected chi connectivity index (χ2v) is 5.09. The Morgan fingerprint density at radius 3 is 2.89 bits per heavy atom. The Morgan fingerprint density at radius 1 is 1.53 bits per heavy atom. The summed E-state index contributed by atoms with van der Waals surface area (Å²) in [5, 5.41) is 9.29. The second-order valence-electron chi connectivity index (χ2n) is 4.68. The van der Waals surface area contributed by atoms with E-state index in [4.69, 9.17) is 16.9 Å². The number of nitrogens with zero attached hydrogens (tertiary/aromatic N) is 3. The van der Waals surface area contributed by atoms with Crippen LogP contribution in [0.15, 0.2) is 18.2 Å². The van der Waals surface area contributed by atoms with Gasteiger partial charge in [-0.2, -0.15) is 5.26 Å². The first kappa shape index (κ1) is 13.7. The number of rotatable bonds is 4. The van der Waals surface area contributed by atoms with E-state index in [0.29, 0.717) is 17.0 Å². The molecule has 0 aliphatic carbocycles. The van der Waals surface area contributed by atoms with Crippen LogP contribution in [0.3, 0.4) is 0 Å². The molecule has 0 spiro atoms. The number of carbonyl (C=O) groups is 1. The zero-order valence-electron chi connectivity index (χ0n) is 10.9. The highest BCUT2D eigenvalue weighted by Gasteiger charge is 2.19. The number of anilines is 1. The quantitative estimate of drug-likeness (QED) is 0.848. The number of hydrogen-bond acceptors (Lipinski definition) is 3. The van der Waals surface area contributed by atoms with E-state index in [9.17, 15) is 4.79 Å². The van der Waals surface area contributed by atoms with Gasteiger partial charge in [0.2, 0.25) is 5.91 Å². The molecule has 5 heteroatoms. The molecule has 0 unspecified atom stereocenters. The second kappa shape index (κ2) is 5.94. The Hall–Kier alpha value is -1.73. The van der Waals surface area contributed by atoms with Gasteiger partial charge in [0.15, 0.2) is 0 Å². The van der Waals surface area contributed by atoms with Crippen molar-refractivity contribution in [1.29, 1.82) is 5.26 Å². The summed E-state index contributed by atoms with van der Waals surface area (Å²) in [6.45, 7) is 2.35. The molecule has 0 aromatic heterocycles. The van der Waals surface area contributed by atoms with E-state index in [1.807, 2.05) is 29.0 Å². The molecular formula is C14H16ClN3O. The highest BCUT2D eigenvalue weighted by Crippen LogP contribution is 2.22. The molecule has 0 saturated carbocycles. The minimum absolute atomic E-state index is 0.242. The molecule has 4 nitrogen and oxygen atoms in total. The molecule has 0 radical (unpaired) electrons. The molecule has 0 N–H and O–H groups in total. The van der Waals surface area contributed by atoms with Gasteiger partial charge in [-0.15, -0.1) is 0 Å². The summed E-state index contributed by atoms with van der Waals surface area (Å²) in [4.78, 5) is 15.4. The van der Waals surface area contributed by atoms with Gasteiger partial charge in [0.25, 0.3) is 0 Å². The molecular weight excluding hydrogens is 262 g/mol. The van der Waals surface area contributed by atoms with E-state index < -0.39 is 0 Å². The molecule has 1 heterocycles. The molecule has 1 fully saturated rings. The van der Waals surface area contributed by atoms with E-state index in [0.717, 1.165) is 31.7 Å². The van der Waals surface area contributed by atoms with Crippen LogP contribution in [0, 0.1) is 11.3 Å². The average molecular weight is 278 g/mol. The first-order valence-electron chi connectivity index (χ1n) is 6.30. The van der Waals surface area contributed by atoms with Gasteiger partial charge in [-0.05, 0) is 24.6 Å². The van der Waals surface area contributed by atoms with Crippen LogP contribution in [-0.4, -0.2) is 37.5 Å². The number of benzene rings is 1. The molecule has 0 bridgehead atoms. The molecule has 2 rings (SSSR count). The van der Waals surface area contributed by atoms with Crippen molar-refractivity contribution >= 4 is 23.2 Å². The van der Waals surface area contributed by atoms with Crippen molar-refractivity contribution in [2.75, 3.05) is 31.6 Å². The number of hydrogen-bond donors (Lipinski definition) is 0. The fourth-order valence-electron chi connectivity index (χ4n) is 2.17. The SMILES string of the molecule is CN(CCN1CCCC1=O)c1ccc(C#N)c(Cl)c1.